The zero-order valence-electron chi connectivity index (χ0n) is 7.69. The molecule has 0 amide bonds. The van der Waals surface area contributed by atoms with Crippen molar-refractivity contribution < 1.29 is 0 Å². The van der Waals surface area contributed by atoms with Gasteiger partial charge in [-0.25, -0.2) is 0 Å². The minimum atomic E-state index is 0.442. The lowest BCUT2D eigenvalue weighted by atomic mass is 10.2. The molecule has 0 aliphatic rings. The van der Waals surface area contributed by atoms with Gasteiger partial charge in [0.05, 0.1) is 4.43 Å². The number of nitrogens with one attached hydrogen (secondary N) is 1. The lowest BCUT2D eigenvalue weighted by molar-refractivity contribution is 0.289. The van der Waals surface area contributed by atoms with Gasteiger partial charge in [0.1, 0.15) is 5.84 Å². The first-order valence-electron chi connectivity index (χ1n) is 3.92. The maximum Gasteiger partial charge on any atom is 0.106 e. The summed E-state index contributed by atoms with van der Waals surface area (Å²) in [7, 11) is 0. The second kappa shape index (κ2) is 4.95. The first kappa shape index (κ1) is 11.2. The summed E-state index contributed by atoms with van der Waals surface area (Å²) >= 11 is 2.23. The van der Waals surface area contributed by atoms with Gasteiger partial charge in [-0.3, -0.25) is 5.41 Å². The highest BCUT2D eigenvalue weighted by Crippen LogP contribution is 2.06. The molecule has 0 saturated carbocycles. The van der Waals surface area contributed by atoms with E-state index in [9.17, 15) is 0 Å². The molecule has 0 aliphatic carbocycles. The van der Waals surface area contributed by atoms with Crippen LogP contribution in [0.3, 0.4) is 0 Å². The summed E-state index contributed by atoms with van der Waals surface area (Å²) < 4.78 is 0.800. The fraction of sp³-hybridized carbons (Fsp3) is 0.875. The highest BCUT2D eigenvalue weighted by Gasteiger charge is 2.14. The molecule has 11 heavy (non-hydrogen) atoms. The molecule has 0 unspecified atom stereocenters. The smallest absolute Gasteiger partial charge is 0.106 e. The number of hydrogen-bond donors (Lipinski definition) is 1. The molecular formula is C8H17IN2. The Morgan fingerprint density at radius 1 is 1.27 bits per heavy atom. The highest BCUT2D eigenvalue weighted by molar-refractivity contribution is 14.1. The van der Waals surface area contributed by atoms with Gasteiger partial charge < -0.3 is 4.90 Å². The predicted molar refractivity (Wildman–Crippen MR) is 58.7 cm³/mol. The third-order valence-corrected chi connectivity index (χ3v) is 2.27. The van der Waals surface area contributed by atoms with Gasteiger partial charge in [0.25, 0.3) is 0 Å². The van der Waals surface area contributed by atoms with Crippen molar-refractivity contribution in [3.63, 3.8) is 0 Å². The normalized spacial score (nSPS) is 10.8. The van der Waals surface area contributed by atoms with Crippen LogP contribution in [-0.4, -0.2) is 27.2 Å². The van der Waals surface area contributed by atoms with Crippen LogP contribution in [0.1, 0.15) is 27.7 Å². The molecule has 0 rings (SSSR count). The molecule has 2 nitrogen and oxygen atoms in total. The number of rotatable bonds is 3. The van der Waals surface area contributed by atoms with Gasteiger partial charge in [0.2, 0.25) is 0 Å². The van der Waals surface area contributed by atoms with Gasteiger partial charge in [0, 0.05) is 12.1 Å². The Morgan fingerprint density at radius 3 is 1.73 bits per heavy atom. The number of hydrogen-bond acceptors (Lipinski definition) is 1. The first-order valence-corrected chi connectivity index (χ1v) is 5.45. The number of halogens is 1. The second-order valence-electron chi connectivity index (χ2n) is 3.18. The molecule has 0 aromatic carbocycles. The molecule has 0 aliphatic heterocycles. The summed E-state index contributed by atoms with van der Waals surface area (Å²) in [6, 6.07) is 0.884. The Balaban J connectivity index is 4.22. The van der Waals surface area contributed by atoms with Gasteiger partial charge >= 0.3 is 0 Å². The second-order valence-corrected chi connectivity index (χ2v) is 3.94. The molecule has 0 bridgehead atoms. The average Bonchev–Trinajstić information content (AvgIpc) is 1.85. The van der Waals surface area contributed by atoms with Crippen molar-refractivity contribution in [1.29, 1.82) is 5.41 Å². The third kappa shape index (κ3) is 3.40. The fourth-order valence-corrected chi connectivity index (χ4v) is 1.68. The average molecular weight is 268 g/mol. The molecule has 0 heterocycles. The topological polar surface area (TPSA) is 27.1 Å². The van der Waals surface area contributed by atoms with Crippen LogP contribution in [-0.2, 0) is 0 Å². The van der Waals surface area contributed by atoms with Gasteiger partial charge in [-0.2, -0.15) is 0 Å². The van der Waals surface area contributed by atoms with Crippen LogP contribution in [0.15, 0.2) is 0 Å². The van der Waals surface area contributed by atoms with E-state index < -0.39 is 0 Å². The van der Waals surface area contributed by atoms with Crippen LogP contribution in [0.25, 0.3) is 0 Å². The molecular weight excluding hydrogens is 251 g/mol. The van der Waals surface area contributed by atoms with Gasteiger partial charge in [-0.05, 0) is 27.7 Å². The van der Waals surface area contributed by atoms with E-state index in [-0.39, 0.29) is 0 Å². The van der Waals surface area contributed by atoms with E-state index in [1.807, 2.05) is 0 Å². The molecule has 0 atom stereocenters. The van der Waals surface area contributed by atoms with E-state index in [2.05, 4.69) is 55.2 Å². The number of nitrogens with zero attached hydrogens (tertiary/aromatic N) is 1. The maximum atomic E-state index is 7.67. The predicted octanol–water partition coefficient (Wildman–Crippen LogP) is 2.52. The van der Waals surface area contributed by atoms with E-state index in [0.29, 0.717) is 12.1 Å². The van der Waals surface area contributed by atoms with Crippen molar-refractivity contribution >= 4 is 28.4 Å². The minimum absolute atomic E-state index is 0.442. The Hall–Kier alpha value is 0.200. The SMILES string of the molecule is CC(C)N(C(=N)CI)C(C)C. The zero-order chi connectivity index (χ0) is 9.02. The molecule has 0 radical (unpaired) electrons. The Morgan fingerprint density at radius 2 is 1.64 bits per heavy atom. The fourth-order valence-electron chi connectivity index (χ4n) is 1.29. The van der Waals surface area contributed by atoms with E-state index in [1.165, 1.54) is 0 Å². The lowest BCUT2D eigenvalue weighted by Gasteiger charge is -2.32. The molecule has 0 saturated heterocycles. The number of alkyl halides is 1. The van der Waals surface area contributed by atoms with Crippen molar-refractivity contribution in [2.45, 2.75) is 39.8 Å². The summed E-state index contributed by atoms with van der Waals surface area (Å²) in [5.41, 5.74) is 0. The molecule has 66 valence electrons. The number of amidine groups is 1. The van der Waals surface area contributed by atoms with Crippen LogP contribution in [0.4, 0.5) is 0 Å². The van der Waals surface area contributed by atoms with Crippen LogP contribution in [0.2, 0.25) is 0 Å². The summed E-state index contributed by atoms with van der Waals surface area (Å²) in [5, 5.41) is 7.67. The van der Waals surface area contributed by atoms with E-state index in [1.54, 1.807) is 0 Å². The largest absolute Gasteiger partial charge is 0.355 e. The van der Waals surface area contributed by atoms with E-state index in [4.69, 9.17) is 5.41 Å². The Labute approximate surface area is 83.0 Å². The van der Waals surface area contributed by atoms with E-state index in [0.717, 1.165) is 10.3 Å². The molecule has 0 aromatic heterocycles. The van der Waals surface area contributed by atoms with Gasteiger partial charge in [0.15, 0.2) is 0 Å². The van der Waals surface area contributed by atoms with Crippen molar-refractivity contribution in [1.82, 2.24) is 4.90 Å². The van der Waals surface area contributed by atoms with Gasteiger partial charge in [-0.1, -0.05) is 22.6 Å². The van der Waals surface area contributed by atoms with Crippen molar-refractivity contribution in [3.05, 3.63) is 0 Å². The van der Waals surface area contributed by atoms with E-state index >= 15 is 0 Å². The summed E-state index contributed by atoms with van der Waals surface area (Å²) in [4.78, 5) is 2.13. The quantitative estimate of drug-likeness (QED) is 0.362. The highest BCUT2D eigenvalue weighted by atomic mass is 127. The standard InChI is InChI=1S/C8H17IN2/c1-6(2)11(7(3)4)8(10)5-9/h6-7,10H,5H2,1-4H3. The van der Waals surface area contributed by atoms with Crippen LogP contribution >= 0.6 is 22.6 Å². The van der Waals surface area contributed by atoms with Crippen molar-refractivity contribution in [2.24, 2.45) is 0 Å². The van der Waals surface area contributed by atoms with Crippen molar-refractivity contribution in [3.8, 4) is 0 Å². The first-order chi connectivity index (χ1) is 5.00. The maximum absolute atomic E-state index is 7.67. The summed E-state index contributed by atoms with van der Waals surface area (Å²) in [6.45, 7) is 8.50. The zero-order valence-corrected chi connectivity index (χ0v) is 9.84. The van der Waals surface area contributed by atoms with Crippen LogP contribution in [0, 0.1) is 5.41 Å². The summed E-state index contributed by atoms with van der Waals surface area (Å²) in [5.74, 6) is 0.732. The van der Waals surface area contributed by atoms with Crippen LogP contribution < -0.4 is 0 Å². The van der Waals surface area contributed by atoms with Crippen molar-refractivity contribution in [2.75, 3.05) is 4.43 Å². The molecule has 0 aromatic rings. The minimum Gasteiger partial charge on any atom is -0.355 e. The molecule has 3 heteroatoms. The molecule has 1 N–H and O–H groups in total. The lowest BCUT2D eigenvalue weighted by Crippen LogP contribution is -2.42. The monoisotopic (exact) mass is 268 g/mol. The van der Waals surface area contributed by atoms with Gasteiger partial charge in [-0.15, -0.1) is 0 Å². The third-order valence-electron chi connectivity index (χ3n) is 1.55. The summed E-state index contributed by atoms with van der Waals surface area (Å²) in [6.07, 6.45) is 0. The Kier molecular flexibility index (Phi) is 5.04. The molecule has 0 spiro atoms. The Bertz CT molecular complexity index is 124. The van der Waals surface area contributed by atoms with Crippen LogP contribution in [0.5, 0.6) is 0 Å². The molecule has 0 fully saturated rings.